The number of pyridine rings is 1. The molecule has 9 rings (SSSR count). The molecule has 0 bridgehead atoms. The normalized spacial score (nSPS) is 11.6. The smallest absolute Gasteiger partial charge is 0.160 e. The summed E-state index contributed by atoms with van der Waals surface area (Å²) in [5.74, 6) is 0.736. The molecule has 0 atom stereocenters. The van der Waals surface area contributed by atoms with Crippen LogP contribution < -0.4 is 0 Å². The Hall–Kier alpha value is -5.71. The van der Waals surface area contributed by atoms with Gasteiger partial charge in [-0.15, -0.1) is 11.3 Å². The number of nitrogens with zero attached hydrogens (tertiary/aromatic N) is 3. The molecule has 0 aliphatic rings. The number of aromatic nitrogens is 3. The van der Waals surface area contributed by atoms with Crippen LogP contribution in [0.5, 0.6) is 0 Å². The first-order chi connectivity index (χ1) is 22.3. The van der Waals surface area contributed by atoms with Crippen molar-refractivity contribution in [3.63, 3.8) is 0 Å². The summed E-state index contributed by atoms with van der Waals surface area (Å²) in [6, 6.07) is 51.3. The van der Waals surface area contributed by atoms with Crippen molar-refractivity contribution in [3.8, 4) is 44.9 Å². The number of fused-ring (bicyclic) bond motifs is 6. The number of hydrogen-bond acceptors (Lipinski definition) is 4. The second-order valence-electron chi connectivity index (χ2n) is 11.2. The van der Waals surface area contributed by atoms with Crippen LogP contribution in [-0.2, 0) is 0 Å². The molecule has 0 spiro atoms. The van der Waals surface area contributed by atoms with Crippen LogP contribution in [0.3, 0.4) is 0 Å². The summed E-state index contributed by atoms with van der Waals surface area (Å²) >= 11 is 1.76. The lowest BCUT2D eigenvalue weighted by Gasteiger charge is -2.11. The highest BCUT2D eigenvalue weighted by atomic mass is 32.1. The number of benzene rings is 6. The molecular weight excluding hydrogens is 567 g/mol. The lowest BCUT2D eigenvalue weighted by atomic mass is 9.94. The summed E-state index contributed by atoms with van der Waals surface area (Å²) in [6.07, 6.45) is 1.87. The first-order valence-electron chi connectivity index (χ1n) is 15.0. The van der Waals surface area contributed by atoms with Gasteiger partial charge >= 0.3 is 0 Å². The molecule has 0 radical (unpaired) electrons. The van der Waals surface area contributed by atoms with Crippen LogP contribution in [0.25, 0.3) is 86.9 Å². The van der Waals surface area contributed by atoms with Gasteiger partial charge in [-0.05, 0) is 45.8 Å². The van der Waals surface area contributed by atoms with Gasteiger partial charge in [0.05, 0.1) is 21.4 Å². The molecule has 9 aromatic rings. The van der Waals surface area contributed by atoms with E-state index in [2.05, 4.69) is 138 Å². The molecule has 210 valence electrons. The van der Waals surface area contributed by atoms with Gasteiger partial charge in [0.15, 0.2) is 5.82 Å². The molecule has 0 aliphatic heterocycles. The molecule has 4 heteroatoms. The molecule has 0 unspecified atom stereocenters. The van der Waals surface area contributed by atoms with E-state index in [0.29, 0.717) is 0 Å². The zero-order valence-electron chi connectivity index (χ0n) is 24.2. The van der Waals surface area contributed by atoms with E-state index in [1.54, 1.807) is 11.3 Å². The van der Waals surface area contributed by atoms with Crippen LogP contribution in [0.2, 0.25) is 0 Å². The van der Waals surface area contributed by atoms with E-state index in [1.165, 1.54) is 32.0 Å². The summed E-state index contributed by atoms with van der Waals surface area (Å²) in [7, 11) is 0. The quantitative estimate of drug-likeness (QED) is 0.191. The average Bonchev–Trinajstić information content (AvgIpc) is 3.50. The Kier molecular flexibility index (Phi) is 6.00. The van der Waals surface area contributed by atoms with Gasteiger partial charge in [0.25, 0.3) is 0 Å². The fourth-order valence-corrected chi connectivity index (χ4v) is 7.50. The van der Waals surface area contributed by atoms with Crippen molar-refractivity contribution in [2.45, 2.75) is 0 Å². The predicted molar refractivity (Wildman–Crippen MR) is 189 cm³/mol. The third kappa shape index (κ3) is 4.38. The minimum absolute atomic E-state index is 0.736. The van der Waals surface area contributed by atoms with E-state index in [-0.39, 0.29) is 0 Å². The number of thiophene rings is 1. The van der Waals surface area contributed by atoms with Crippen LogP contribution >= 0.6 is 11.3 Å². The van der Waals surface area contributed by atoms with Crippen molar-refractivity contribution in [1.82, 2.24) is 15.0 Å². The summed E-state index contributed by atoms with van der Waals surface area (Å²) in [6.45, 7) is 0. The fourth-order valence-electron chi connectivity index (χ4n) is 6.35. The van der Waals surface area contributed by atoms with E-state index in [0.717, 1.165) is 54.9 Å². The topological polar surface area (TPSA) is 38.7 Å². The third-order valence-corrected chi connectivity index (χ3v) is 9.71. The van der Waals surface area contributed by atoms with E-state index >= 15 is 0 Å². The Balaban J connectivity index is 1.13. The minimum atomic E-state index is 0.736. The largest absolute Gasteiger partial charge is 0.256 e. The Bertz CT molecular complexity index is 2530. The molecule has 45 heavy (non-hydrogen) atoms. The highest BCUT2D eigenvalue weighted by Crippen LogP contribution is 2.40. The molecule has 0 saturated heterocycles. The van der Waals surface area contributed by atoms with E-state index in [9.17, 15) is 0 Å². The fraction of sp³-hybridized carbons (Fsp3) is 0. The maximum atomic E-state index is 5.17. The van der Waals surface area contributed by atoms with Crippen molar-refractivity contribution < 1.29 is 0 Å². The van der Waals surface area contributed by atoms with Crippen molar-refractivity contribution in [1.29, 1.82) is 0 Å². The highest BCUT2D eigenvalue weighted by molar-refractivity contribution is 7.26. The van der Waals surface area contributed by atoms with Gasteiger partial charge in [-0.3, -0.25) is 4.98 Å². The zero-order valence-corrected chi connectivity index (χ0v) is 25.0. The monoisotopic (exact) mass is 591 g/mol. The molecule has 0 aliphatic carbocycles. The maximum absolute atomic E-state index is 5.17. The van der Waals surface area contributed by atoms with Gasteiger partial charge < -0.3 is 0 Å². The molecule has 3 nitrogen and oxygen atoms in total. The molecule has 3 heterocycles. The van der Waals surface area contributed by atoms with Gasteiger partial charge in [-0.25, -0.2) is 9.97 Å². The third-order valence-electron chi connectivity index (χ3n) is 8.55. The van der Waals surface area contributed by atoms with E-state index < -0.39 is 0 Å². The second kappa shape index (κ2) is 10.5. The first kappa shape index (κ1) is 25.8. The maximum Gasteiger partial charge on any atom is 0.160 e. The van der Waals surface area contributed by atoms with E-state index in [1.807, 2.05) is 18.3 Å². The Labute approximate surface area is 264 Å². The Morgan fingerprint density at radius 3 is 2.11 bits per heavy atom. The molecule has 0 saturated carbocycles. The lowest BCUT2D eigenvalue weighted by molar-refractivity contribution is 1.24. The highest BCUT2D eigenvalue weighted by Gasteiger charge is 2.17. The van der Waals surface area contributed by atoms with Crippen molar-refractivity contribution in [2.75, 3.05) is 0 Å². The van der Waals surface area contributed by atoms with Crippen molar-refractivity contribution in [2.24, 2.45) is 0 Å². The molecule has 6 aromatic carbocycles. The first-order valence-corrected chi connectivity index (χ1v) is 15.8. The number of hydrogen-bond donors (Lipinski definition) is 0. The zero-order chi connectivity index (χ0) is 29.7. The molecule has 3 aromatic heterocycles. The molecular formula is C41H25N3S. The van der Waals surface area contributed by atoms with Crippen LogP contribution in [0.1, 0.15) is 0 Å². The van der Waals surface area contributed by atoms with Crippen LogP contribution in [-0.4, -0.2) is 15.0 Å². The standard InChI is InChI=1S/C41H25N3S/c1-2-9-28(10-3-1)38-40-39(35-14-4-5-17-36(35)45-40)44-41(43-38)31-12-6-11-30(25-31)26-18-20-27(21-19-26)32-15-7-16-34-33(32)23-22-29-13-8-24-42-37(29)34/h1-25H. The Morgan fingerprint density at radius 2 is 1.20 bits per heavy atom. The number of rotatable bonds is 4. The molecule has 0 amide bonds. The average molecular weight is 592 g/mol. The summed E-state index contributed by atoms with van der Waals surface area (Å²) in [5, 5.41) is 4.71. The minimum Gasteiger partial charge on any atom is -0.256 e. The van der Waals surface area contributed by atoms with E-state index in [4.69, 9.17) is 9.97 Å². The van der Waals surface area contributed by atoms with Gasteiger partial charge in [-0.1, -0.05) is 127 Å². The lowest BCUT2D eigenvalue weighted by Crippen LogP contribution is -1.94. The van der Waals surface area contributed by atoms with Gasteiger partial charge in [0.1, 0.15) is 0 Å². The van der Waals surface area contributed by atoms with Crippen molar-refractivity contribution >= 4 is 53.3 Å². The van der Waals surface area contributed by atoms with Crippen LogP contribution in [0.15, 0.2) is 152 Å². The molecule has 0 N–H and O–H groups in total. The summed E-state index contributed by atoms with van der Waals surface area (Å²) in [5.41, 5.74) is 9.79. The summed E-state index contributed by atoms with van der Waals surface area (Å²) in [4.78, 5) is 15.0. The SMILES string of the molecule is c1ccc(-c2nc(-c3cccc(-c4ccc(-c5cccc6c5ccc5cccnc56)cc4)c3)nc3c2sc2ccccc23)cc1. The van der Waals surface area contributed by atoms with Crippen molar-refractivity contribution in [3.05, 3.63) is 152 Å². The van der Waals surface area contributed by atoms with Gasteiger partial charge in [0, 0.05) is 38.2 Å². The second-order valence-corrected chi connectivity index (χ2v) is 12.3. The molecule has 0 fully saturated rings. The summed E-state index contributed by atoms with van der Waals surface area (Å²) < 4.78 is 2.34. The van der Waals surface area contributed by atoms with Gasteiger partial charge in [0.2, 0.25) is 0 Å². The van der Waals surface area contributed by atoms with Gasteiger partial charge in [-0.2, -0.15) is 0 Å². The Morgan fingerprint density at radius 1 is 0.444 bits per heavy atom. The van der Waals surface area contributed by atoms with Crippen LogP contribution in [0.4, 0.5) is 0 Å². The predicted octanol–water partition coefficient (Wildman–Crippen LogP) is 11.2. The van der Waals surface area contributed by atoms with Crippen LogP contribution in [0, 0.1) is 0 Å².